The smallest absolute Gasteiger partial charge is 0.227 e. The fourth-order valence-corrected chi connectivity index (χ4v) is 7.50. The molecule has 3 nitrogen and oxygen atoms in total. The van der Waals surface area contributed by atoms with Gasteiger partial charge >= 0.3 is 0 Å². The van der Waals surface area contributed by atoms with Gasteiger partial charge in [0.1, 0.15) is 5.52 Å². The van der Waals surface area contributed by atoms with Crippen LogP contribution in [0.5, 0.6) is 0 Å². The number of allylic oxidation sites excluding steroid dienone is 4. The molecule has 0 spiro atoms. The van der Waals surface area contributed by atoms with Crippen molar-refractivity contribution in [1.29, 1.82) is 0 Å². The molecule has 0 aliphatic heterocycles. The third-order valence-electron chi connectivity index (χ3n) is 9.95. The number of anilines is 2. The Hall–Kier alpha value is -5.67. The van der Waals surface area contributed by atoms with Gasteiger partial charge in [-0.25, -0.2) is 4.98 Å². The lowest BCUT2D eigenvalue weighted by atomic mass is 9.82. The molecule has 1 heterocycles. The van der Waals surface area contributed by atoms with E-state index in [-0.39, 0.29) is 5.41 Å². The largest absolute Gasteiger partial charge is 0.435 e. The average molecular weight is 607 g/mol. The Morgan fingerprint density at radius 3 is 2.26 bits per heavy atom. The molecule has 0 saturated heterocycles. The van der Waals surface area contributed by atoms with Gasteiger partial charge in [0.25, 0.3) is 0 Å². The van der Waals surface area contributed by atoms with Gasteiger partial charge in [-0.1, -0.05) is 98.8 Å². The molecule has 2 aliphatic carbocycles. The molecule has 0 saturated carbocycles. The van der Waals surface area contributed by atoms with Gasteiger partial charge in [0.2, 0.25) is 5.89 Å². The lowest BCUT2D eigenvalue weighted by molar-refractivity contribution is 0.623. The van der Waals surface area contributed by atoms with E-state index >= 15 is 0 Å². The first-order valence-corrected chi connectivity index (χ1v) is 16.4. The Labute approximate surface area is 275 Å². The summed E-state index contributed by atoms with van der Waals surface area (Å²) in [5, 5.41) is 2.21. The summed E-state index contributed by atoms with van der Waals surface area (Å²) in [6, 6.07) is 45.8. The predicted molar refractivity (Wildman–Crippen MR) is 195 cm³/mol. The number of oxazole rings is 1. The Kier molecular flexibility index (Phi) is 6.29. The van der Waals surface area contributed by atoms with E-state index in [0.29, 0.717) is 5.89 Å². The van der Waals surface area contributed by atoms with Crippen molar-refractivity contribution >= 4 is 33.2 Å². The number of rotatable bonds is 5. The van der Waals surface area contributed by atoms with Crippen molar-refractivity contribution < 1.29 is 4.42 Å². The quantitative estimate of drug-likeness (QED) is 0.195. The van der Waals surface area contributed by atoms with Gasteiger partial charge in [-0.2, -0.15) is 0 Å². The van der Waals surface area contributed by atoms with E-state index in [4.69, 9.17) is 9.40 Å². The van der Waals surface area contributed by atoms with Crippen molar-refractivity contribution in [1.82, 2.24) is 4.98 Å². The molecule has 2 aliphatic rings. The highest BCUT2D eigenvalue weighted by Gasteiger charge is 2.35. The van der Waals surface area contributed by atoms with Crippen molar-refractivity contribution in [3.63, 3.8) is 0 Å². The van der Waals surface area contributed by atoms with E-state index in [0.717, 1.165) is 40.3 Å². The van der Waals surface area contributed by atoms with E-state index in [1.165, 1.54) is 50.5 Å². The average Bonchev–Trinajstić information content (AvgIpc) is 3.66. The summed E-state index contributed by atoms with van der Waals surface area (Å²) in [6.07, 6.45) is 8.75. The molecule has 7 aromatic rings. The van der Waals surface area contributed by atoms with Gasteiger partial charge < -0.3 is 9.32 Å². The van der Waals surface area contributed by atoms with Gasteiger partial charge in [-0.3, -0.25) is 0 Å². The molecule has 9 rings (SSSR count). The number of hydrogen-bond acceptors (Lipinski definition) is 3. The summed E-state index contributed by atoms with van der Waals surface area (Å²) in [5.74, 6) is 0.650. The molecule has 226 valence electrons. The van der Waals surface area contributed by atoms with Crippen molar-refractivity contribution in [2.75, 3.05) is 4.90 Å². The molecular weight excluding hydrogens is 572 g/mol. The molecule has 0 N–H and O–H groups in total. The molecule has 47 heavy (non-hydrogen) atoms. The predicted octanol–water partition coefficient (Wildman–Crippen LogP) is 12.0. The molecule has 1 aromatic heterocycles. The van der Waals surface area contributed by atoms with E-state index < -0.39 is 0 Å². The lowest BCUT2D eigenvalue weighted by Crippen LogP contribution is -2.18. The van der Waals surface area contributed by atoms with Crippen LogP contribution in [-0.2, 0) is 5.41 Å². The van der Waals surface area contributed by atoms with Crippen molar-refractivity contribution in [3.05, 3.63) is 162 Å². The molecule has 0 fully saturated rings. The standard InChI is InChI=1S/C44H34N2O/c1-44(2)39-16-10-9-15-37(39)38-28-35(23-25-40(38)44)46(33-13-7-4-8-14-33)34-21-17-29(18-22-34)31-19-24-36-32(27-31)20-26-41-42(36)47-43(45-41)30-11-5-3-6-12-30/h3-7,9-13,15-28H,8,14H2,1-2H3. The molecule has 0 radical (unpaired) electrons. The third-order valence-corrected chi connectivity index (χ3v) is 9.95. The lowest BCUT2D eigenvalue weighted by Gasteiger charge is -2.30. The zero-order chi connectivity index (χ0) is 31.5. The summed E-state index contributed by atoms with van der Waals surface area (Å²) >= 11 is 0. The van der Waals surface area contributed by atoms with Crippen LogP contribution in [0.2, 0.25) is 0 Å². The van der Waals surface area contributed by atoms with Crippen LogP contribution in [0.1, 0.15) is 37.8 Å². The molecule has 0 bridgehead atoms. The van der Waals surface area contributed by atoms with Gasteiger partial charge in [0, 0.05) is 33.4 Å². The monoisotopic (exact) mass is 606 g/mol. The molecule has 6 aromatic carbocycles. The number of fused-ring (bicyclic) bond motifs is 6. The molecule has 0 atom stereocenters. The van der Waals surface area contributed by atoms with E-state index in [9.17, 15) is 0 Å². The van der Waals surface area contributed by atoms with Gasteiger partial charge in [0.15, 0.2) is 5.58 Å². The highest BCUT2D eigenvalue weighted by Crippen LogP contribution is 2.50. The fourth-order valence-electron chi connectivity index (χ4n) is 7.50. The van der Waals surface area contributed by atoms with Crippen molar-refractivity contribution in [2.24, 2.45) is 0 Å². The van der Waals surface area contributed by atoms with Gasteiger partial charge in [0.05, 0.1) is 0 Å². The minimum Gasteiger partial charge on any atom is -0.435 e. The normalized spacial score (nSPS) is 14.6. The minimum atomic E-state index is -0.00690. The van der Waals surface area contributed by atoms with Gasteiger partial charge in [-0.15, -0.1) is 0 Å². The third kappa shape index (κ3) is 4.53. The summed E-state index contributed by atoms with van der Waals surface area (Å²) in [4.78, 5) is 7.20. The first-order chi connectivity index (χ1) is 23.0. The first-order valence-electron chi connectivity index (χ1n) is 16.4. The van der Waals surface area contributed by atoms with Crippen LogP contribution >= 0.6 is 0 Å². The number of nitrogens with zero attached hydrogens (tertiary/aromatic N) is 2. The number of aromatic nitrogens is 1. The zero-order valence-corrected chi connectivity index (χ0v) is 26.6. The zero-order valence-electron chi connectivity index (χ0n) is 26.6. The van der Waals surface area contributed by atoms with Crippen molar-refractivity contribution in [2.45, 2.75) is 32.1 Å². The first kappa shape index (κ1) is 27.6. The molecule has 0 unspecified atom stereocenters. The maximum atomic E-state index is 6.29. The minimum absolute atomic E-state index is 0.00690. The van der Waals surface area contributed by atoms with Crippen LogP contribution < -0.4 is 4.90 Å². The van der Waals surface area contributed by atoms with Crippen LogP contribution in [0.3, 0.4) is 0 Å². The van der Waals surface area contributed by atoms with E-state index in [2.05, 4.69) is 134 Å². The van der Waals surface area contributed by atoms with Crippen molar-refractivity contribution in [3.8, 4) is 33.7 Å². The van der Waals surface area contributed by atoms with Crippen LogP contribution in [0.15, 0.2) is 156 Å². The van der Waals surface area contributed by atoms with Gasteiger partial charge in [-0.05, 0) is 112 Å². The topological polar surface area (TPSA) is 29.3 Å². The summed E-state index contributed by atoms with van der Waals surface area (Å²) in [6.45, 7) is 4.68. The van der Waals surface area contributed by atoms with Crippen LogP contribution in [0.25, 0.3) is 55.6 Å². The second-order valence-electron chi connectivity index (χ2n) is 13.1. The van der Waals surface area contributed by atoms with Crippen LogP contribution in [0.4, 0.5) is 11.4 Å². The van der Waals surface area contributed by atoms with Crippen LogP contribution in [0, 0.1) is 0 Å². The Morgan fingerprint density at radius 1 is 0.660 bits per heavy atom. The van der Waals surface area contributed by atoms with Crippen LogP contribution in [-0.4, -0.2) is 4.98 Å². The SMILES string of the molecule is CC1(C)c2ccccc2-c2cc(N(C3=CC=CCC3)c3ccc(-c4ccc5c(ccc6nc(-c7ccccc7)oc65)c4)cc3)ccc21. The molecular formula is C44H34N2O. The second kappa shape index (κ2) is 10.7. The summed E-state index contributed by atoms with van der Waals surface area (Å²) in [5.41, 5.74) is 14.2. The summed E-state index contributed by atoms with van der Waals surface area (Å²) in [7, 11) is 0. The number of benzene rings is 6. The highest BCUT2D eigenvalue weighted by atomic mass is 16.3. The number of hydrogen-bond donors (Lipinski definition) is 0. The Bertz CT molecular complexity index is 2380. The summed E-state index contributed by atoms with van der Waals surface area (Å²) < 4.78 is 6.29. The Morgan fingerprint density at radius 2 is 1.43 bits per heavy atom. The molecule has 3 heteroatoms. The van der Waals surface area contributed by atoms with E-state index in [1.54, 1.807) is 0 Å². The fraction of sp³-hybridized carbons (Fsp3) is 0.114. The highest BCUT2D eigenvalue weighted by molar-refractivity contribution is 6.04. The second-order valence-corrected chi connectivity index (χ2v) is 13.1. The van der Waals surface area contributed by atoms with E-state index in [1.807, 2.05) is 30.3 Å². The maximum Gasteiger partial charge on any atom is 0.227 e. The molecule has 0 amide bonds. The Balaban J connectivity index is 1.08. The maximum absolute atomic E-state index is 6.29.